The van der Waals surface area contributed by atoms with Gasteiger partial charge in [-0.3, -0.25) is 5.10 Å². The Morgan fingerprint density at radius 1 is 1.57 bits per heavy atom. The van der Waals surface area contributed by atoms with Crippen molar-refractivity contribution < 1.29 is 4.74 Å². The van der Waals surface area contributed by atoms with Crippen molar-refractivity contribution in [3.63, 3.8) is 0 Å². The molecule has 78 valence electrons. The first-order valence-corrected chi connectivity index (χ1v) is 4.94. The average molecular weight is 196 g/mol. The molecule has 5 heteroatoms. The van der Waals surface area contributed by atoms with Gasteiger partial charge in [0.1, 0.15) is 0 Å². The lowest BCUT2D eigenvalue weighted by molar-refractivity contribution is 0.00452. The van der Waals surface area contributed by atoms with E-state index in [2.05, 4.69) is 27.6 Å². The Balaban J connectivity index is 1.84. The number of H-pyrrole nitrogens is 1. The second kappa shape index (κ2) is 4.54. The first-order valence-electron chi connectivity index (χ1n) is 4.94. The Hall–Kier alpha value is -0.910. The molecule has 1 atom stereocenters. The summed E-state index contributed by atoms with van der Waals surface area (Å²) >= 11 is 0. The van der Waals surface area contributed by atoms with Gasteiger partial charge in [0.2, 0.25) is 0 Å². The number of aromatic nitrogens is 2. The fraction of sp³-hybridized carbons (Fsp3) is 0.667. The molecule has 0 bridgehead atoms. The molecule has 0 aliphatic carbocycles. The molecule has 0 amide bonds. The van der Waals surface area contributed by atoms with Gasteiger partial charge in [-0.25, -0.2) is 10.4 Å². The van der Waals surface area contributed by atoms with E-state index in [1.54, 1.807) is 6.20 Å². The number of rotatable bonds is 3. The molecule has 1 unspecified atom stereocenters. The molecular weight excluding hydrogens is 180 g/mol. The fourth-order valence-corrected chi connectivity index (χ4v) is 1.54. The van der Waals surface area contributed by atoms with Crippen molar-refractivity contribution in [2.24, 2.45) is 0 Å². The van der Waals surface area contributed by atoms with Crippen LogP contribution in [0, 0.1) is 0 Å². The van der Waals surface area contributed by atoms with Crippen LogP contribution in [0.15, 0.2) is 12.3 Å². The van der Waals surface area contributed by atoms with E-state index in [0.717, 1.165) is 32.0 Å². The van der Waals surface area contributed by atoms with Crippen molar-refractivity contribution in [1.29, 1.82) is 0 Å². The number of hydrazine groups is 1. The molecule has 0 spiro atoms. The SMILES string of the molecule is CC(NN1CCOCC1)c1ccn[nH]1. The van der Waals surface area contributed by atoms with Crippen LogP contribution in [0.2, 0.25) is 0 Å². The van der Waals surface area contributed by atoms with E-state index >= 15 is 0 Å². The van der Waals surface area contributed by atoms with Crippen LogP contribution in [0.3, 0.4) is 0 Å². The van der Waals surface area contributed by atoms with Gasteiger partial charge in [-0.2, -0.15) is 5.10 Å². The lowest BCUT2D eigenvalue weighted by Crippen LogP contribution is -2.46. The number of aromatic amines is 1. The standard InChI is InChI=1S/C9H16N4O/c1-8(9-2-3-10-11-9)12-13-4-6-14-7-5-13/h2-3,8,12H,4-7H2,1H3,(H,10,11). The molecule has 1 aromatic rings. The Labute approximate surface area is 83.4 Å². The number of ether oxygens (including phenoxy) is 1. The minimum absolute atomic E-state index is 0.274. The second-order valence-electron chi connectivity index (χ2n) is 3.46. The van der Waals surface area contributed by atoms with Crippen LogP contribution in [-0.4, -0.2) is 41.5 Å². The van der Waals surface area contributed by atoms with Crippen molar-refractivity contribution in [3.8, 4) is 0 Å². The fourth-order valence-electron chi connectivity index (χ4n) is 1.54. The molecule has 2 N–H and O–H groups in total. The summed E-state index contributed by atoms with van der Waals surface area (Å²) in [6.45, 7) is 5.62. The lowest BCUT2D eigenvalue weighted by atomic mass is 10.2. The number of nitrogens with zero attached hydrogens (tertiary/aromatic N) is 2. The molecule has 2 rings (SSSR count). The maximum absolute atomic E-state index is 5.27. The zero-order valence-corrected chi connectivity index (χ0v) is 8.36. The van der Waals surface area contributed by atoms with Crippen molar-refractivity contribution >= 4 is 0 Å². The van der Waals surface area contributed by atoms with Crippen molar-refractivity contribution in [2.75, 3.05) is 26.3 Å². The largest absolute Gasteiger partial charge is 0.379 e. The maximum Gasteiger partial charge on any atom is 0.0608 e. The Morgan fingerprint density at radius 3 is 3.00 bits per heavy atom. The zero-order chi connectivity index (χ0) is 9.80. The number of morpholine rings is 1. The van der Waals surface area contributed by atoms with E-state index in [-0.39, 0.29) is 6.04 Å². The summed E-state index contributed by atoms with van der Waals surface area (Å²) in [4.78, 5) is 0. The van der Waals surface area contributed by atoms with E-state index < -0.39 is 0 Å². The van der Waals surface area contributed by atoms with Gasteiger partial charge in [-0.1, -0.05) is 0 Å². The molecule has 0 aromatic carbocycles. The molecule has 2 heterocycles. The number of hydrogen-bond donors (Lipinski definition) is 2. The zero-order valence-electron chi connectivity index (χ0n) is 8.36. The average Bonchev–Trinajstić information content (AvgIpc) is 2.72. The summed E-state index contributed by atoms with van der Waals surface area (Å²) in [6, 6.07) is 2.26. The Bertz CT molecular complexity index is 256. The van der Waals surface area contributed by atoms with E-state index in [1.807, 2.05) is 6.07 Å². The van der Waals surface area contributed by atoms with E-state index in [9.17, 15) is 0 Å². The van der Waals surface area contributed by atoms with Gasteiger partial charge < -0.3 is 4.74 Å². The molecule has 1 saturated heterocycles. The minimum Gasteiger partial charge on any atom is -0.379 e. The monoisotopic (exact) mass is 196 g/mol. The van der Waals surface area contributed by atoms with Crippen LogP contribution in [0.5, 0.6) is 0 Å². The molecule has 1 aliphatic rings. The molecular formula is C9H16N4O. The van der Waals surface area contributed by atoms with Gasteiger partial charge in [0.05, 0.1) is 24.9 Å². The van der Waals surface area contributed by atoms with Crippen molar-refractivity contribution in [1.82, 2.24) is 20.6 Å². The first-order chi connectivity index (χ1) is 6.86. The van der Waals surface area contributed by atoms with Gasteiger partial charge in [0.15, 0.2) is 0 Å². The predicted molar refractivity (Wildman–Crippen MR) is 52.5 cm³/mol. The third-order valence-electron chi connectivity index (χ3n) is 2.38. The predicted octanol–water partition coefficient (Wildman–Crippen LogP) is 0.307. The summed E-state index contributed by atoms with van der Waals surface area (Å²) in [6.07, 6.45) is 1.77. The lowest BCUT2D eigenvalue weighted by Gasteiger charge is -2.29. The van der Waals surface area contributed by atoms with E-state index in [0.29, 0.717) is 0 Å². The van der Waals surface area contributed by atoms with Crippen LogP contribution in [0.4, 0.5) is 0 Å². The summed E-state index contributed by atoms with van der Waals surface area (Å²) in [5, 5.41) is 9.07. The molecule has 1 fully saturated rings. The van der Waals surface area contributed by atoms with E-state index in [4.69, 9.17) is 4.74 Å². The second-order valence-corrected chi connectivity index (χ2v) is 3.46. The smallest absolute Gasteiger partial charge is 0.0608 e. The molecule has 5 nitrogen and oxygen atoms in total. The molecule has 1 aliphatic heterocycles. The summed E-state index contributed by atoms with van der Waals surface area (Å²) in [7, 11) is 0. The number of hydrogen-bond acceptors (Lipinski definition) is 4. The summed E-state index contributed by atoms with van der Waals surface area (Å²) < 4.78 is 5.27. The molecule has 0 radical (unpaired) electrons. The quantitative estimate of drug-likeness (QED) is 0.730. The minimum atomic E-state index is 0.274. The first kappa shape index (κ1) is 9.64. The van der Waals surface area contributed by atoms with Crippen LogP contribution in [-0.2, 0) is 4.74 Å². The third-order valence-corrected chi connectivity index (χ3v) is 2.38. The van der Waals surface area contributed by atoms with Crippen molar-refractivity contribution in [3.05, 3.63) is 18.0 Å². The molecule has 0 saturated carbocycles. The van der Waals surface area contributed by atoms with E-state index in [1.165, 1.54) is 0 Å². The molecule has 14 heavy (non-hydrogen) atoms. The maximum atomic E-state index is 5.27. The highest BCUT2D eigenvalue weighted by molar-refractivity contribution is 5.02. The highest BCUT2D eigenvalue weighted by atomic mass is 16.5. The van der Waals surface area contributed by atoms with Crippen LogP contribution in [0.25, 0.3) is 0 Å². The van der Waals surface area contributed by atoms with Crippen molar-refractivity contribution in [2.45, 2.75) is 13.0 Å². The Morgan fingerprint density at radius 2 is 2.36 bits per heavy atom. The van der Waals surface area contributed by atoms with Crippen LogP contribution in [0.1, 0.15) is 18.7 Å². The topological polar surface area (TPSA) is 53.2 Å². The highest BCUT2D eigenvalue weighted by Crippen LogP contribution is 2.08. The summed E-state index contributed by atoms with van der Waals surface area (Å²) in [5.41, 5.74) is 4.51. The third kappa shape index (κ3) is 2.31. The number of nitrogens with one attached hydrogen (secondary N) is 2. The van der Waals surface area contributed by atoms with Gasteiger partial charge in [0, 0.05) is 19.3 Å². The van der Waals surface area contributed by atoms with Crippen LogP contribution >= 0.6 is 0 Å². The van der Waals surface area contributed by atoms with Crippen LogP contribution < -0.4 is 5.43 Å². The van der Waals surface area contributed by atoms with Gasteiger partial charge >= 0.3 is 0 Å². The summed E-state index contributed by atoms with van der Waals surface area (Å²) in [5.74, 6) is 0. The highest BCUT2D eigenvalue weighted by Gasteiger charge is 2.14. The normalized spacial score (nSPS) is 20.9. The Kier molecular flexibility index (Phi) is 3.13. The van der Waals surface area contributed by atoms with Gasteiger partial charge in [-0.05, 0) is 13.0 Å². The van der Waals surface area contributed by atoms with Gasteiger partial charge in [0.25, 0.3) is 0 Å². The van der Waals surface area contributed by atoms with Gasteiger partial charge in [-0.15, -0.1) is 0 Å². The molecule has 1 aromatic heterocycles.